The molecule has 8 aliphatic heterocycles. The van der Waals surface area contributed by atoms with E-state index >= 15 is 0 Å². The van der Waals surface area contributed by atoms with Crippen LogP contribution in [0.3, 0.4) is 0 Å². The number of aliphatic carboxylic acids is 1. The molecular weight excluding hydrogens is 1620 g/mol. The van der Waals surface area contributed by atoms with Gasteiger partial charge in [0, 0.05) is 34.1 Å². The van der Waals surface area contributed by atoms with Crippen LogP contribution < -0.4 is 21.3 Å². The molecule has 0 bridgehead atoms. The summed E-state index contributed by atoms with van der Waals surface area (Å²) in [5.74, 6) is -8.85. The molecule has 0 saturated carbocycles. The predicted octanol–water partition coefficient (Wildman–Crippen LogP) is -21.2. The Balaban J connectivity index is 1.09. The first kappa shape index (κ1) is 99.1. The predicted molar refractivity (Wildman–Crippen MR) is 363 cm³/mol. The van der Waals surface area contributed by atoms with Crippen LogP contribution in [0.25, 0.3) is 0 Å². The molecule has 8 fully saturated rings. The highest BCUT2D eigenvalue weighted by Gasteiger charge is 2.62. The Morgan fingerprint density at radius 1 is 0.381 bits per heavy atom. The Bertz CT molecular complexity index is 3150. The van der Waals surface area contributed by atoms with Crippen molar-refractivity contribution in [1.82, 2.24) is 21.3 Å². The van der Waals surface area contributed by atoms with E-state index in [1.807, 2.05) is 0 Å². The highest BCUT2D eigenvalue weighted by atomic mass is 16.8. The van der Waals surface area contributed by atoms with Crippen molar-refractivity contribution in [2.45, 2.75) is 310 Å². The maximum atomic E-state index is 13.1. The minimum absolute atomic E-state index is 0.843. The van der Waals surface area contributed by atoms with Gasteiger partial charge in [0.15, 0.2) is 44.0 Å². The summed E-state index contributed by atoms with van der Waals surface area (Å²) in [5, 5.41) is 318. The molecular formula is C65H110N4O49. The van der Waals surface area contributed by atoms with E-state index in [0.29, 0.717) is 0 Å². The van der Waals surface area contributed by atoms with Crippen LogP contribution in [-0.4, -0.2) is 514 Å². The third kappa shape index (κ3) is 22.5. The number of ether oxygens (including phenoxy) is 16. The van der Waals surface area contributed by atoms with E-state index in [9.17, 15) is 167 Å². The topological polar surface area (TPSA) is 848 Å². The van der Waals surface area contributed by atoms with E-state index in [1.54, 1.807) is 0 Å². The van der Waals surface area contributed by atoms with Gasteiger partial charge in [0.25, 0.3) is 5.79 Å². The van der Waals surface area contributed by atoms with Gasteiger partial charge in [0.2, 0.25) is 23.6 Å². The molecule has 0 radical (unpaired) electrons. The molecule has 4 amide bonds. The number of aliphatic hydroxyl groups excluding tert-OH is 27. The molecule has 0 aromatic carbocycles. The van der Waals surface area contributed by atoms with E-state index in [2.05, 4.69) is 21.3 Å². The van der Waals surface area contributed by atoms with Crippen molar-refractivity contribution >= 4 is 29.6 Å². The van der Waals surface area contributed by atoms with Crippen molar-refractivity contribution in [1.29, 1.82) is 0 Å². The average Bonchev–Trinajstić information content (AvgIpc) is 0.770. The third-order valence-electron chi connectivity index (χ3n) is 21.0. The minimum atomic E-state index is -3.09. The number of rotatable bonds is 36. The molecule has 53 heteroatoms. The number of nitrogens with one attached hydrogen (secondary N) is 4. The molecule has 45 atom stereocenters. The maximum absolute atomic E-state index is 13.1. The zero-order chi connectivity index (χ0) is 87.7. The van der Waals surface area contributed by atoms with Gasteiger partial charge in [0.05, 0.1) is 84.3 Å². The average molecular weight is 1730 g/mol. The molecule has 0 unspecified atom stereocenters. The number of hydrogen-bond acceptors (Lipinski definition) is 48. The summed E-state index contributed by atoms with van der Waals surface area (Å²) in [6.45, 7) is -8.02. The number of aliphatic hydroxyl groups is 27. The summed E-state index contributed by atoms with van der Waals surface area (Å²) >= 11 is 0. The van der Waals surface area contributed by atoms with Crippen molar-refractivity contribution in [2.24, 2.45) is 0 Å². The zero-order valence-corrected chi connectivity index (χ0v) is 63.3. The van der Waals surface area contributed by atoms with Gasteiger partial charge in [-0.15, -0.1) is 0 Å². The molecule has 0 aromatic heterocycles. The molecule has 8 rings (SSSR count). The first-order chi connectivity index (χ1) is 55.6. The van der Waals surface area contributed by atoms with Crippen LogP contribution in [0.15, 0.2) is 0 Å². The molecule has 118 heavy (non-hydrogen) atoms. The quantitative estimate of drug-likeness (QED) is 0.0277. The van der Waals surface area contributed by atoms with Crippen LogP contribution in [0.5, 0.6) is 0 Å². The van der Waals surface area contributed by atoms with Crippen LogP contribution in [0.2, 0.25) is 0 Å². The van der Waals surface area contributed by atoms with E-state index < -0.39 is 378 Å². The number of carboxylic acid groups (broad SMARTS) is 1. The Morgan fingerprint density at radius 2 is 0.771 bits per heavy atom. The normalized spacial score (nSPS) is 44.7. The number of hydrogen-bond donors (Lipinski definition) is 32. The van der Waals surface area contributed by atoms with Crippen LogP contribution in [-0.2, 0) is 99.8 Å². The fourth-order valence-corrected chi connectivity index (χ4v) is 14.6. The molecule has 8 saturated heterocycles. The van der Waals surface area contributed by atoms with E-state index in [1.165, 1.54) is 0 Å². The summed E-state index contributed by atoms with van der Waals surface area (Å²) in [4.78, 5) is 63.3. The second-order valence-electron chi connectivity index (χ2n) is 29.4. The molecule has 684 valence electrons. The maximum Gasteiger partial charge on any atom is 0.364 e. The van der Waals surface area contributed by atoms with Crippen LogP contribution in [0, 0.1) is 0 Å². The lowest BCUT2D eigenvalue weighted by Crippen LogP contribution is -2.70. The minimum Gasteiger partial charge on any atom is -0.477 e. The van der Waals surface area contributed by atoms with E-state index in [4.69, 9.17) is 75.8 Å². The summed E-state index contributed by atoms with van der Waals surface area (Å²) in [7, 11) is 0. The van der Waals surface area contributed by atoms with Crippen molar-refractivity contribution < 1.29 is 243 Å². The molecule has 8 aliphatic rings. The Morgan fingerprint density at radius 3 is 1.21 bits per heavy atom. The molecule has 0 aromatic rings. The number of carboxylic acids is 1. The largest absolute Gasteiger partial charge is 0.477 e. The fourth-order valence-electron chi connectivity index (χ4n) is 14.6. The van der Waals surface area contributed by atoms with Gasteiger partial charge in [-0.1, -0.05) is 0 Å². The first-order valence-electron chi connectivity index (χ1n) is 37.2. The first-order valence-corrected chi connectivity index (χ1v) is 37.2. The number of amides is 4. The molecule has 0 spiro atoms. The second-order valence-corrected chi connectivity index (χ2v) is 29.4. The molecule has 32 N–H and O–H groups in total. The fraction of sp³-hybridized carbons (Fsp3) is 0.923. The van der Waals surface area contributed by atoms with Gasteiger partial charge < -0.3 is 240 Å². The molecule has 0 aliphatic carbocycles. The van der Waals surface area contributed by atoms with Crippen LogP contribution >= 0.6 is 0 Å². The molecule has 8 heterocycles. The number of carbonyl (C=O) groups excluding carboxylic acids is 4. The lowest BCUT2D eigenvalue weighted by atomic mass is 9.88. The monoisotopic (exact) mass is 1730 g/mol. The van der Waals surface area contributed by atoms with Gasteiger partial charge in [-0.05, 0) is 0 Å². The van der Waals surface area contributed by atoms with Gasteiger partial charge in [-0.25, -0.2) is 4.79 Å². The van der Waals surface area contributed by atoms with E-state index in [-0.39, 0.29) is 0 Å². The van der Waals surface area contributed by atoms with Crippen molar-refractivity contribution in [3.63, 3.8) is 0 Å². The lowest BCUT2D eigenvalue weighted by molar-refractivity contribution is -0.396. The zero-order valence-electron chi connectivity index (χ0n) is 63.3. The van der Waals surface area contributed by atoms with Crippen LogP contribution in [0.4, 0.5) is 0 Å². The Hall–Kier alpha value is -4.37. The standard InChI is InChI=1S/C65H110N4O49/c1-16(78)66-20(6-70)34(85)50(23(84)8-72)112-61-49(100)54(40(91)29(110-61)14-103-62-55(45(96)37(88)25(10-74)106-62)116-57-32(68-18(3)80)41(92)51(27(12-76)108-57)113-59-47(98)43(94)36(87)24(9-73)105-59)115-63-56(46(97)38(89)26(11-75)107-63)117-58-33(69-19(4)81)42(93)52(28(13-77)109-58)114-60-48(99)44(95)39(90)30(111-60)15-104-65(64(101)102)5-21(82)31(67-17(2)79)53(118-65)35(86)22(83)7-71/h20-63,70-77,82-100H,5-15H2,1-4H3,(H,66,78)(H,67,79)(H,68,80)(H,69,81)(H,101,102)/t20-,21-,22+,23+,24+,25+,26+,27+,28+,29+,30+,31+,32+,33+,34+,35+,36-,37+,38+,39-,40+,41+,42+,43-,44-,45-,46-,47+,48+,49-,50+,51+,52+,53+,54-,55-,56-,57-,58-,59-,60-,61-,62-,63+,65+/m0/s1. The van der Waals surface area contributed by atoms with Crippen molar-refractivity contribution in [2.75, 3.05) is 66.1 Å². The highest BCUT2D eigenvalue weighted by molar-refractivity contribution is 5.77. The third-order valence-corrected chi connectivity index (χ3v) is 21.0. The number of carbonyl (C=O) groups is 5. The van der Waals surface area contributed by atoms with Gasteiger partial charge >= 0.3 is 5.97 Å². The second kappa shape index (κ2) is 43.5. The smallest absolute Gasteiger partial charge is 0.364 e. The summed E-state index contributed by atoms with van der Waals surface area (Å²) in [5.41, 5.74) is 0. The SMILES string of the molecule is CC(=O)N[C@H]1[C@H](O[C@@H]2[C@@H](OC[C@H]3O[C@@H](O[C@@H]([C@H](O)[C@H](CO)NC(C)=O)[C@H](O)CO)[C@@H](O)[C@@H](O[C@H]4O[C@H](CO)[C@@H](O)[C@H](O)[C@@H]4O[C@@H]4O[C@H](CO)[C@@H](O[C@@H]5O[C@H](CO[C@]6(C(=O)O)C[C@H](O)[C@@H](NC(C)=O)[C@H]([C@H](O)[C@H](O)CO)O6)[C@H](O)[C@H](O)[C@H]5O)[C@H](O)[C@H]4NC(C)=O)[C@@H]3O)O[C@H](CO)[C@@H](O)[C@@H]2O)O[C@H](CO)[C@@H](O[C@@H]2O[C@H](CO)[C@H](O)[C@H](O)[C@H]2O)[C@@H]1O. The van der Waals surface area contributed by atoms with Gasteiger partial charge in [-0.3, -0.25) is 19.2 Å². The Kier molecular flexibility index (Phi) is 36.5. The molecule has 53 nitrogen and oxygen atoms in total. The van der Waals surface area contributed by atoms with Crippen molar-refractivity contribution in [3.8, 4) is 0 Å². The highest BCUT2D eigenvalue weighted by Crippen LogP contribution is 2.40. The summed E-state index contributed by atoms with van der Waals surface area (Å²) in [6.07, 6.45) is -88.7. The van der Waals surface area contributed by atoms with Gasteiger partial charge in [0.1, 0.15) is 207 Å². The Labute approximate surface area is 667 Å². The lowest BCUT2D eigenvalue weighted by Gasteiger charge is -2.50. The summed E-state index contributed by atoms with van der Waals surface area (Å²) in [6, 6.07) is -7.44. The van der Waals surface area contributed by atoms with Crippen molar-refractivity contribution in [3.05, 3.63) is 0 Å². The summed E-state index contributed by atoms with van der Waals surface area (Å²) < 4.78 is 93.8. The van der Waals surface area contributed by atoms with Crippen LogP contribution in [0.1, 0.15) is 34.1 Å². The van der Waals surface area contributed by atoms with Gasteiger partial charge in [-0.2, -0.15) is 0 Å². The van der Waals surface area contributed by atoms with E-state index in [0.717, 1.165) is 27.7 Å².